The van der Waals surface area contributed by atoms with Gasteiger partial charge in [0.1, 0.15) is 0 Å². The minimum Gasteiger partial charge on any atom is -0.398 e. The Hall–Kier alpha value is -0.670. The molecule has 0 saturated carbocycles. The maximum Gasteiger partial charge on any atom is 0.0452 e. The number of thioether (sulfide) groups is 1. The second-order valence-corrected chi connectivity index (χ2v) is 5.14. The Morgan fingerprint density at radius 2 is 2.13 bits per heavy atom. The maximum absolute atomic E-state index is 5.89. The quantitative estimate of drug-likeness (QED) is 0.459. The number of nitrogens with one attached hydrogen (secondary N) is 1. The van der Waals surface area contributed by atoms with Crippen LogP contribution in [0.1, 0.15) is 19.4 Å². The SMILES string of the molecule is Cc1ccc(N)c(SCCNC(C)C)c1. The summed E-state index contributed by atoms with van der Waals surface area (Å²) >= 11 is 1.82. The molecule has 0 amide bonds. The summed E-state index contributed by atoms with van der Waals surface area (Å²) in [6.45, 7) is 7.43. The molecule has 3 N–H and O–H groups in total. The van der Waals surface area contributed by atoms with Gasteiger partial charge in [-0.05, 0) is 24.6 Å². The lowest BCUT2D eigenvalue weighted by Crippen LogP contribution is -2.24. The molecule has 0 unspecified atom stereocenters. The third kappa shape index (κ3) is 4.58. The molecule has 0 aromatic heterocycles. The molecule has 15 heavy (non-hydrogen) atoms. The monoisotopic (exact) mass is 224 g/mol. The van der Waals surface area contributed by atoms with E-state index in [0.29, 0.717) is 6.04 Å². The van der Waals surface area contributed by atoms with Gasteiger partial charge in [-0.15, -0.1) is 11.8 Å². The maximum atomic E-state index is 5.89. The molecule has 1 aromatic rings. The van der Waals surface area contributed by atoms with Crippen molar-refractivity contribution < 1.29 is 0 Å². The van der Waals surface area contributed by atoms with Crippen molar-refractivity contribution in [1.29, 1.82) is 0 Å². The van der Waals surface area contributed by atoms with Gasteiger partial charge in [-0.1, -0.05) is 19.9 Å². The summed E-state index contributed by atoms with van der Waals surface area (Å²) in [7, 11) is 0. The number of benzene rings is 1. The highest BCUT2D eigenvalue weighted by Gasteiger charge is 2.00. The number of nitrogen functional groups attached to an aromatic ring is 1. The van der Waals surface area contributed by atoms with Crippen molar-refractivity contribution in [3.8, 4) is 0 Å². The van der Waals surface area contributed by atoms with E-state index in [9.17, 15) is 0 Å². The van der Waals surface area contributed by atoms with Crippen molar-refractivity contribution in [1.82, 2.24) is 5.32 Å². The van der Waals surface area contributed by atoms with Gasteiger partial charge in [-0.3, -0.25) is 0 Å². The molecule has 84 valence electrons. The van der Waals surface area contributed by atoms with Crippen LogP contribution in [0.15, 0.2) is 23.1 Å². The zero-order valence-corrected chi connectivity index (χ0v) is 10.5. The second-order valence-electron chi connectivity index (χ2n) is 4.00. The summed E-state index contributed by atoms with van der Waals surface area (Å²) < 4.78 is 0. The lowest BCUT2D eigenvalue weighted by molar-refractivity contribution is 0.616. The topological polar surface area (TPSA) is 38.0 Å². The number of aryl methyl sites for hydroxylation is 1. The molecule has 0 aliphatic heterocycles. The second kappa shape index (κ2) is 6.03. The fourth-order valence-corrected chi connectivity index (χ4v) is 2.22. The molecule has 0 atom stereocenters. The Morgan fingerprint density at radius 1 is 1.40 bits per heavy atom. The zero-order valence-electron chi connectivity index (χ0n) is 9.71. The van der Waals surface area contributed by atoms with Crippen molar-refractivity contribution in [2.75, 3.05) is 18.0 Å². The highest BCUT2D eigenvalue weighted by atomic mass is 32.2. The fourth-order valence-electron chi connectivity index (χ4n) is 1.28. The van der Waals surface area contributed by atoms with Crippen molar-refractivity contribution in [2.45, 2.75) is 31.7 Å². The van der Waals surface area contributed by atoms with Gasteiger partial charge in [0.05, 0.1) is 0 Å². The van der Waals surface area contributed by atoms with Gasteiger partial charge in [0.15, 0.2) is 0 Å². The van der Waals surface area contributed by atoms with Crippen LogP contribution in [0.5, 0.6) is 0 Å². The number of anilines is 1. The molecule has 1 aromatic carbocycles. The van der Waals surface area contributed by atoms with Crippen LogP contribution in [-0.4, -0.2) is 18.3 Å². The molecule has 2 nitrogen and oxygen atoms in total. The van der Waals surface area contributed by atoms with Crippen LogP contribution in [0.3, 0.4) is 0 Å². The first-order valence-corrected chi connectivity index (χ1v) is 6.30. The smallest absolute Gasteiger partial charge is 0.0452 e. The van der Waals surface area contributed by atoms with Crippen LogP contribution in [0.2, 0.25) is 0 Å². The third-order valence-corrected chi connectivity index (χ3v) is 3.15. The van der Waals surface area contributed by atoms with Crippen LogP contribution in [0, 0.1) is 6.92 Å². The molecule has 1 rings (SSSR count). The molecule has 3 heteroatoms. The molecule has 0 aliphatic carbocycles. The average molecular weight is 224 g/mol. The van der Waals surface area contributed by atoms with Crippen molar-refractivity contribution in [3.63, 3.8) is 0 Å². The van der Waals surface area contributed by atoms with Gasteiger partial charge in [-0.2, -0.15) is 0 Å². The van der Waals surface area contributed by atoms with E-state index in [2.05, 4.69) is 32.2 Å². The highest BCUT2D eigenvalue weighted by Crippen LogP contribution is 2.25. The summed E-state index contributed by atoms with van der Waals surface area (Å²) in [5.41, 5.74) is 8.04. The Labute approximate surface area is 96.6 Å². The van der Waals surface area contributed by atoms with Crippen molar-refractivity contribution >= 4 is 17.4 Å². The Bertz CT molecular complexity index is 310. The predicted octanol–water partition coefficient (Wildman–Crippen LogP) is 2.67. The fraction of sp³-hybridized carbons (Fsp3) is 0.500. The van der Waals surface area contributed by atoms with E-state index in [1.165, 1.54) is 10.5 Å². The summed E-state index contributed by atoms with van der Waals surface area (Å²) in [6, 6.07) is 6.73. The largest absolute Gasteiger partial charge is 0.398 e. The summed E-state index contributed by atoms with van der Waals surface area (Å²) in [5, 5.41) is 3.39. The first-order chi connectivity index (χ1) is 7.09. The lowest BCUT2D eigenvalue weighted by Gasteiger charge is -2.09. The molecule has 0 radical (unpaired) electrons. The van der Waals surface area contributed by atoms with E-state index in [4.69, 9.17) is 5.73 Å². The van der Waals surface area contributed by atoms with E-state index in [1.807, 2.05) is 23.9 Å². The van der Waals surface area contributed by atoms with E-state index < -0.39 is 0 Å². The Kier molecular flexibility index (Phi) is 4.99. The molecular formula is C12H20N2S. The van der Waals surface area contributed by atoms with Gasteiger partial charge in [0.2, 0.25) is 0 Å². The van der Waals surface area contributed by atoms with Gasteiger partial charge in [0.25, 0.3) is 0 Å². The summed E-state index contributed by atoms with van der Waals surface area (Å²) in [6.07, 6.45) is 0. The van der Waals surface area contributed by atoms with Gasteiger partial charge in [0, 0.05) is 28.9 Å². The Balaban J connectivity index is 2.40. The molecule has 0 saturated heterocycles. The number of nitrogens with two attached hydrogens (primary N) is 1. The highest BCUT2D eigenvalue weighted by molar-refractivity contribution is 7.99. The van der Waals surface area contributed by atoms with E-state index in [0.717, 1.165) is 18.0 Å². The zero-order chi connectivity index (χ0) is 11.3. The van der Waals surface area contributed by atoms with E-state index in [-0.39, 0.29) is 0 Å². The third-order valence-electron chi connectivity index (χ3n) is 2.08. The first-order valence-electron chi connectivity index (χ1n) is 5.32. The van der Waals surface area contributed by atoms with Crippen LogP contribution < -0.4 is 11.1 Å². The standard InChI is InChI=1S/C12H20N2S/c1-9(2)14-6-7-15-12-8-10(3)4-5-11(12)13/h4-5,8-9,14H,6-7,13H2,1-3H3. The van der Waals surface area contributed by atoms with Crippen LogP contribution in [0.4, 0.5) is 5.69 Å². The van der Waals surface area contributed by atoms with Crippen molar-refractivity contribution in [3.05, 3.63) is 23.8 Å². The van der Waals surface area contributed by atoms with Crippen LogP contribution in [0.25, 0.3) is 0 Å². The molecular weight excluding hydrogens is 204 g/mol. The van der Waals surface area contributed by atoms with Gasteiger partial charge < -0.3 is 11.1 Å². The van der Waals surface area contributed by atoms with Crippen molar-refractivity contribution in [2.24, 2.45) is 0 Å². The summed E-state index contributed by atoms with van der Waals surface area (Å²) in [4.78, 5) is 1.19. The average Bonchev–Trinajstić information content (AvgIpc) is 2.17. The molecule has 0 spiro atoms. The van der Waals surface area contributed by atoms with Gasteiger partial charge in [-0.25, -0.2) is 0 Å². The molecule has 0 bridgehead atoms. The lowest BCUT2D eigenvalue weighted by atomic mass is 10.2. The van der Waals surface area contributed by atoms with Crippen LogP contribution >= 0.6 is 11.8 Å². The first kappa shape index (κ1) is 12.4. The predicted molar refractivity (Wildman–Crippen MR) is 69.5 cm³/mol. The molecule has 0 aliphatic rings. The van der Waals surface area contributed by atoms with E-state index >= 15 is 0 Å². The minimum absolute atomic E-state index is 0.556. The molecule has 0 fully saturated rings. The number of hydrogen-bond donors (Lipinski definition) is 2. The van der Waals surface area contributed by atoms with Crippen LogP contribution in [-0.2, 0) is 0 Å². The molecule has 0 heterocycles. The number of hydrogen-bond acceptors (Lipinski definition) is 3. The summed E-state index contributed by atoms with van der Waals surface area (Å²) in [5.74, 6) is 1.06. The minimum atomic E-state index is 0.556. The van der Waals surface area contributed by atoms with E-state index in [1.54, 1.807) is 0 Å². The normalized spacial score (nSPS) is 10.9. The Morgan fingerprint density at radius 3 is 2.80 bits per heavy atom. The van der Waals surface area contributed by atoms with Gasteiger partial charge >= 0.3 is 0 Å². The number of rotatable bonds is 5.